The Labute approximate surface area is 88.9 Å². The molecule has 78 valence electrons. The third-order valence-electron chi connectivity index (χ3n) is 2.64. The van der Waals surface area contributed by atoms with E-state index in [4.69, 9.17) is 10.00 Å². The van der Waals surface area contributed by atoms with Gasteiger partial charge in [0.25, 0.3) is 5.88 Å². The summed E-state index contributed by atoms with van der Waals surface area (Å²) in [7, 11) is 0. The minimum atomic E-state index is 0.211. The summed E-state index contributed by atoms with van der Waals surface area (Å²) in [5, 5.41) is 16.4. The molecule has 4 nitrogen and oxygen atoms in total. The molecule has 0 unspecified atom stereocenters. The van der Waals surface area contributed by atoms with Crippen LogP contribution in [-0.4, -0.2) is 16.3 Å². The second kappa shape index (κ2) is 4.74. The number of ether oxygens (including phenoxy) is 1. The number of aromatic nitrogens is 2. The summed E-state index contributed by atoms with van der Waals surface area (Å²) in [6.45, 7) is 0. The standard InChI is InChI=1S/C11H13N3O/c12-8-9-6-7-13-14-11(9)15-10-4-2-1-3-5-10/h6-7,10H,1-5H2. The van der Waals surface area contributed by atoms with Crippen molar-refractivity contribution in [1.29, 1.82) is 5.26 Å². The van der Waals surface area contributed by atoms with Crippen LogP contribution in [0.25, 0.3) is 0 Å². The van der Waals surface area contributed by atoms with Crippen molar-refractivity contribution in [2.24, 2.45) is 0 Å². The first kappa shape index (κ1) is 9.91. The number of nitriles is 1. The lowest BCUT2D eigenvalue weighted by Crippen LogP contribution is -2.20. The Morgan fingerprint density at radius 3 is 2.87 bits per heavy atom. The highest BCUT2D eigenvalue weighted by atomic mass is 16.5. The summed E-state index contributed by atoms with van der Waals surface area (Å²) in [6.07, 6.45) is 7.52. The monoisotopic (exact) mass is 203 g/mol. The van der Waals surface area contributed by atoms with Gasteiger partial charge in [-0.05, 0) is 31.7 Å². The van der Waals surface area contributed by atoms with Crippen molar-refractivity contribution < 1.29 is 4.74 Å². The molecule has 0 spiro atoms. The fraction of sp³-hybridized carbons (Fsp3) is 0.545. The molecule has 0 amide bonds. The predicted molar refractivity (Wildman–Crippen MR) is 54.2 cm³/mol. The lowest BCUT2D eigenvalue weighted by Gasteiger charge is -2.22. The number of nitrogens with zero attached hydrogens (tertiary/aromatic N) is 3. The Bertz CT molecular complexity index is 366. The number of hydrogen-bond acceptors (Lipinski definition) is 4. The maximum absolute atomic E-state index is 8.85. The van der Waals surface area contributed by atoms with Crippen LogP contribution in [0.5, 0.6) is 5.88 Å². The summed E-state index contributed by atoms with van der Waals surface area (Å²) >= 11 is 0. The molecule has 0 aromatic carbocycles. The van der Waals surface area contributed by atoms with E-state index >= 15 is 0 Å². The molecule has 2 rings (SSSR count). The Morgan fingerprint density at radius 1 is 1.33 bits per heavy atom. The molecular weight excluding hydrogens is 190 g/mol. The summed E-state index contributed by atoms with van der Waals surface area (Å²) < 4.78 is 5.68. The van der Waals surface area contributed by atoms with Crippen LogP contribution in [0.4, 0.5) is 0 Å². The van der Waals surface area contributed by atoms with Crippen molar-refractivity contribution in [3.8, 4) is 11.9 Å². The highest BCUT2D eigenvalue weighted by molar-refractivity contribution is 5.35. The van der Waals surface area contributed by atoms with E-state index in [-0.39, 0.29) is 6.10 Å². The fourth-order valence-corrected chi connectivity index (χ4v) is 1.83. The predicted octanol–water partition coefficient (Wildman–Crippen LogP) is 2.06. The van der Waals surface area contributed by atoms with E-state index in [2.05, 4.69) is 16.3 Å². The lowest BCUT2D eigenvalue weighted by atomic mass is 9.98. The summed E-state index contributed by atoms with van der Waals surface area (Å²) in [5.41, 5.74) is 0.468. The summed E-state index contributed by atoms with van der Waals surface area (Å²) in [6, 6.07) is 3.69. The van der Waals surface area contributed by atoms with Crippen LogP contribution >= 0.6 is 0 Å². The molecule has 1 aliphatic rings. The molecular formula is C11H13N3O. The highest BCUT2D eigenvalue weighted by Gasteiger charge is 2.17. The van der Waals surface area contributed by atoms with Crippen LogP contribution < -0.4 is 4.74 Å². The first-order valence-corrected chi connectivity index (χ1v) is 5.28. The van der Waals surface area contributed by atoms with E-state index in [9.17, 15) is 0 Å². The molecule has 0 bridgehead atoms. The van der Waals surface area contributed by atoms with Gasteiger partial charge < -0.3 is 4.74 Å². The van der Waals surface area contributed by atoms with Gasteiger partial charge in [-0.25, -0.2) is 0 Å². The quantitative estimate of drug-likeness (QED) is 0.738. The van der Waals surface area contributed by atoms with Gasteiger partial charge in [-0.3, -0.25) is 0 Å². The zero-order valence-electron chi connectivity index (χ0n) is 8.52. The van der Waals surface area contributed by atoms with Crippen molar-refractivity contribution in [1.82, 2.24) is 10.2 Å². The van der Waals surface area contributed by atoms with Gasteiger partial charge >= 0.3 is 0 Å². The second-order valence-electron chi connectivity index (χ2n) is 3.74. The molecule has 1 aromatic heterocycles. The van der Waals surface area contributed by atoms with E-state index < -0.39 is 0 Å². The Balaban J connectivity index is 2.06. The largest absolute Gasteiger partial charge is 0.472 e. The van der Waals surface area contributed by atoms with Crippen LogP contribution in [0.3, 0.4) is 0 Å². The van der Waals surface area contributed by atoms with Gasteiger partial charge in [0, 0.05) is 0 Å². The fourth-order valence-electron chi connectivity index (χ4n) is 1.83. The molecule has 0 N–H and O–H groups in total. The topological polar surface area (TPSA) is 58.8 Å². The van der Waals surface area contributed by atoms with E-state index in [0.717, 1.165) is 12.8 Å². The Morgan fingerprint density at radius 2 is 2.13 bits per heavy atom. The van der Waals surface area contributed by atoms with Gasteiger partial charge in [0.2, 0.25) is 0 Å². The average Bonchev–Trinajstić information content (AvgIpc) is 2.31. The maximum Gasteiger partial charge on any atom is 0.251 e. The zero-order valence-corrected chi connectivity index (χ0v) is 8.52. The minimum absolute atomic E-state index is 0.211. The van der Waals surface area contributed by atoms with E-state index in [1.165, 1.54) is 25.5 Å². The molecule has 0 radical (unpaired) electrons. The maximum atomic E-state index is 8.85. The normalized spacial score (nSPS) is 17.0. The van der Waals surface area contributed by atoms with E-state index in [0.29, 0.717) is 11.4 Å². The van der Waals surface area contributed by atoms with E-state index in [1.807, 2.05) is 0 Å². The molecule has 1 aromatic rings. The van der Waals surface area contributed by atoms with Gasteiger partial charge in [0.1, 0.15) is 17.7 Å². The molecule has 1 heterocycles. The minimum Gasteiger partial charge on any atom is -0.472 e. The first-order chi connectivity index (χ1) is 7.40. The lowest BCUT2D eigenvalue weighted by molar-refractivity contribution is 0.146. The van der Waals surface area contributed by atoms with Crippen molar-refractivity contribution in [3.05, 3.63) is 17.8 Å². The van der Waals surface area contributed by atoms with Gasteiger partial charge in [0.15, 0.2) is 0 Å². The second-order valence-corrected chi connectivity index (χ2v) is 3.74. The molecule has 15 heavy (non-hydrogen) atoms. The van der Waals surface area contributed by atoms with Gasteiger partial charge in [-0.1, -0.05) is 6.42 Å². The molecule has 1 aliphatic carbocycles. The van der Waals surface area contributed by atoms with Gasteiger partial charge in [0.05, 0.1) is 6.20 Å². The molecule has 1 saturated carbocycles. The molecule has 0 saturated heterocycles. The van der Waals surface area contributed by atoms with Crippen molar-refractivity contribution in [3.63, 3.8) is 0 Å². The molecule has 1 fully saturated rings. The number of rotatable bonds is 2. The SMILES string of the molecule is N#Cc1ccnnc1OC1CCCCC1. The third kappa shape index (κ3) is 2.44. The first-order valence-electron chi connectivity index (χ1n) is 5.28. The Hall–Kier alpha value is -1.63. The molecule has 0 atom stereocenters. The van der Waals surface area contributed by atoms with Crippen LogP contribution in [0.15, 0.2) is 12.3 Å². The molecule has 0 aliphatic heterocycles. The van der Waals surface area contributed by atoms with Crippen molar-refractivity contribution in [2.75, 3.05) is 0 Å². The van der Waals surface area contributed by atoms with E-state index in [1.54, 1.807) is 6.07 Å². The number of hydrogen-bond donors (Lipinski definition) is 0. The van der Waals surface area contributed by atoms with Crippen LogP contribution in [-0.2, 0) is 0 Å². The van der Waals surface area contributed by atoms with Crippen LogP contribution in [0.2, 0.25) is 0 Å². The van der Waals surface area contributed by atoms with Crippen molar-refractivity contribution in [2.45, 2.75) is 38.2 Å². The molecule has 4 heteroatoms. The zero-order chi connectivity index (χ0) is 10.5. The highest BCUT2D eigenvalue weighted by Crippen LogP contribution is 2.23. The average molecular weight is 203 g/mol. The van der Waals surface area contributed by atoms with Gasteiger partial charge in [-0.15, -0.1) is 5.10 Å². The van der Waals surface area contributed by atoms with Crippen LogP contribution in [0.1, 0.15) is 37.7 Å². The summed E-state index contributed by atoms with van der Waals surface area (Å²) in [5.74, 6) is 0.381. The third-order valence-corrected chi connectivity index (χ3v) is 2.64. The van der Waals surface area contributed by atoms with Crippen LogP contribution in [0, 0.1) is 11.3 Å². The smallest absolute Gasteiger partial charge is 0.251 e. The summed E-state index contributed by atoms with van der Waals surface area (Å²) in [4.78, 5) is 0. The van der Waals surface area contributed by atoms with Crippen molar-refractivity contribution >= 4 is 0 Å². The van der Waals surface area contributed by atoms with Gasteiger partial charge in [-0.2, -0.15) is 10.4 Å². The Kier molecular flexibility index (Phi) is 3.13.